The molecule has 0 spiro atoms. The Labute approximate surface area is 163 Å². The summed E-state index contributed by atoms with van der Waals surface area (Å²) in [5.74, 6) is 1.69. The SMILES string of the molecule is CCNC(=NCC(C)N1CCOCC1C)N1CCC(C)C(n2ccnc2)C1. The van der Waals surface area contributed by atoms with Crippen molar-refractivity contribution in [2.45, 2.75) is 52.2 Å². The zero-order valence-corrected chi connectivity index (χ0v) is 17.3. The number of rotatable bonds is 5. The first-order chi connectivity index (χ1) is 13.1. The average Bonchev–Trinajstić information content (AvgIpc) is 3.20. The molecule has 4 unspecified atom stereocenters. The third-order valence-corrected chi connectivity index (χ3v) is 5.95. The molecule has 2 fully saturated rings. The van der Waals surface area contributed by atoms with Crippen LogP contribution in [0.2, 0.25) is 0 Å². The van der Waals surface area contributed by atoms with Crippen LogP contribution in [0.4, 0.5) is 0 Å². The molecule has 0 radical (unpaired) electrons. The van der Waals surface area contributed by atoms with E-state index in [1.807, 2.05) is 12.5 Å². The van der Waals surface area contributed by atoms with Crippen LogP contribution in [0.3, 0.4) is 0 Å². The van der Waals surface area contributed by atoms with Gasteiger partial charge in [0.1, 0.15) is 0 Å². The van der Waals surface area contributed by atoms with Crippen LogP contribution < -0.4 is 5.32 Å². The summed E-state index contributed by atoms with van der Waals surface area (Å²) in [6.45, 7) is 15.4. The molecule has 2 aliphatic heterocycles. The fourth-order valence-electron chi connectivity index (χ4n) is 4.24. The zero-order chi connectivity index (χ0) is 19.2. The molecule has 152 valence electrons. The Morgan fingerprint density at radius 1 is 1.37 bits per heavy atom. The van der Waals surface area contributed by atoms with Gasteiger partial charge < -0.3 is 19.5 Å². The number of hydrogen-bond donors (Lipinski definition) is 1. The quantitative estimate of drug-likeness (QED) is 0.628. The summed E-state index contributed by atoms with van der Waals surface area (Å²) in [5, 5.41) is 3.51. The highest BCUT2D eigenvalue weighted by Crippen LogP contribution is 2.27. The van der Waals surface area contributed by atoms with Gasteiger partial charge in [0.25, 0.3) is 0 Å². The largest absolute Gasteiger partial charge is 0.379 e. The van der Waals surface area contributed by atoms with E-state index in [4.69, 9.17) is 9.73 Å². The first-order valence-electron chi connectivity index (χ1n) is 10.4. The Balaban J connectivity index is 1.65. The summed E-state index contributed by atoms with van der Waals surface area (Å²) in [4.78, 5) is 14.2. The van der Waals surface area contributed by atoms with Crippen molar-refractivity contribution >= 4 is 5.96 Å². The smallest absolute Gasteiger partial charge is 0.194 e. The summed E-state index contributed by atoms with van der Waals surface area (Å²) >= 11 is 0. The van der Waals surface area contributed by atoms with E-state index >= 15 is 0 Å². The third-order valence-electron chi connectivity index (χ3n) is 5.95. The molecule has 27 heavy (non-hydrogen) atoms. The molecule has 0 amide bonds. The summed E-state index contributed by atoms with van der Waals surface area (Å²) in [5.41, 5.74) is 0. The fraction of sp³-hybridized carbons (Fsp3) is 0.800. The number of nitrogens with zero attached hydrogens (tertiary/aromatic N) is 5. The number of aromatic nitrogens is 2. The maximum absolute atomic E-state index is 5.57. The molecule has 4 atom stereocenters. The molecule has 1 aromatic heterocycles. The molecular formula is C20H36N6O. The second kappa shape index (κ2) is 9.55. The van der Waals surface area contributed by atoms with Crippen molar-refractivity contribution in [2.75, 3.05) is 45.9 Å². The van der Waals surface area contributed by atoms with Gasteiger partial charge in [-0.1, -0.05) is 6.92 Å². The highest BCUT2D eigenvalue weighted by Gasteiger charge is 2.29. The van der Waals surface area contributed by atoms with Crippen molar-refractivity contribution in [3.8, 4) is 0 Å². The highest BCUT2D eigenvalue weighted by molar-refractivity contribution is 5.80. The molecule has 0 aromatic carbocycles. The monoisotopic (exact) mass is 376 g/mol. The molecule has 1 N–H and O–H groups in total. The number of likely N-dealkylation sites (tertiary alicyclic amines) is 1. The van der Waals surface area contributed by atoms with E-state index in [1.165, 1.54) is 6.42 Å². The van der Waals surface area contributed by atoms with Crippen molar-refractivity contribution in [1.29, 1.82) is 0 Å². The Kier molecular flexibility index (Phi) is 7.13. The Morgan fingerprint density at radius 2 is 2.22 bits per heavy atom. The minimum atomic E-state index is 0.422. The van der Waals surface area contributed by atoms with Gasteiger partial charge >= 0.3 is 0 Å². The highest BCUT2D eigenvalue weighted by atomic mass is 16.5. The van der Waals surface area contributed by atoms with Gasteiger partial charge in [0.2, 0.25) is 0 Å². The summed E-state index contributed by atoms with van der Waals surface area (Å²) in [6, 6.07) is 1.33. The zero-order valence-electron chi connectivity index (χ0n) is 17.3. The van der Waals surface area contributed by atoms with Crippen LogP contribution in [0.5, 0.6) is 0 Å². The van der Waals surface area contributed by atoms with Gasteiger partial charge in [0, 0.05) is 50.7 Å². The molecule has 7 heteroatoms. The van der Waals surface area contributed by atoms with Gasteiger partial charge in [-0.25, -0.2) is 4.98 Å². The standard InChI is InChI=1S/C20H36N6O/c1-5-22-20(23-12-17(3)26-10-11-27-14-18(26)4)24-8-6-16(2)19(13-24)25-9-7-21-15-25/h7,9,15-19H,5-6,8,10-14H2,1-4H3,(H,22,23). The molecule has 2 saturated heterocycles. The van der Waals surface area contributed by atoms with E-state index < -0.39 is 0 Å². The van der Waals surface area contributed by atoms with Gasteiger partial charge in [-0.3, -0.25) is 9.89 Å². The lowest BCUT2D eigenvalue weighted by atomic mass is 9.93. The topological polar surface area (TPSA) is 57.9 Å². The summed E-state index contributed by atoms with van der Waals surface area (Å²) in [6.07, 6.45) is 7.06. The van der Waals surface area contributed by atoms with Crippen LogP contribution in [0.1, 0.15) is 40.2 Å². The van der Waals surface area contributed by atoms with E-state index in [9.17, 15) is 0 Å². The van der Waals surface area contributed by atoms with Crippen molar-refractivity contribution in [3.05, 3.63) is 18.7 Å². The van der Waals surface area contributed by atoms with Crippen LogP contribution >= 0.6 is 0 Å². The number of ether oxygens (including phenoxy) is 1. The minimum Gasteiger partial charge on any atom is -0.379 e. The Hall–Kier alpha value is -1.60. The Morgan fingerprint density at radius 3 is 2.93 bits per heavy atom. The van der Waals surface area contributed by atoms with Gasteiger partial charge in [-0.2, -0.15) is 0 Å². The molecule has 7 nitrogen and oxygen atoms in total. The maximum Gasteiger partial charge on any atom is 0.194 e. The van der Waals surface area contributed by atoms with Gasteiger partial charge in [-0.15, -0.1) is 0 Å². The van der Waals surface area contributed by atoms with Crippen molar-refractivity contribution in [2.24, 2.45) is 10.9 Å². The summed E-state index contributed by atoms with van der Waals surface area (Å²) < 4.78 is 7.82. The Bertz CT molecular complexity index is 589. The normalized spacial score (nSPS) is 29.0. The lowest BCUT2D eigenvalue weighted by molar-refractivity contribution is -0.0166. The molecule has 0 saturated carbocycles. The van der Waals surface area contributed by atoms with Crippen LogP contribution in [0, 0.1) is 5.92 Å². The molecule has 1 aromatic rings. The number of morpholine rings is 1. The van der Waals surface area contributed by atoms with Crippen LogP contribution in [-0.2, 0) is 4.74 Å². The molecular weight excluding hydrogens is 340 g/mol. The number of guanidine groups is 1. The number of nitrogens with one attached hydrogen (secondary N) is 1. The minimum absolute atomic E-state index is 0.422. The molecule has 3 rings (SSSR count). The lowest BCUT2D eigenvalue weighted by Gasteiger charge is -2.40. The maximum atomic E-state index is 5.57. The van der Waals surface area contributed by atoms with Crippen LogP contribution in [-0.4, -0.2) is 83.3 Å². The van der Waals surface area contributed by atoms with Gasteiger partial charge in [-0.05, 0) is 33.1 Å². The predicted octanol–water partition coefficient (Wildman–Crippen LogP) is 1.84. The van der Waals surface area contributed by atoms with Gasteiger partial charge in [0.05, 0.1) is 32.1 Å². The molecule has 0 aliphatic carbocycles. The van der Waals surface area contributed by atoms with E-state index in [0.717, 1.165) is 51.9 Å². The molecule has 3 heterocycles. The predicted molar refractivity (Wildman–Crippen MR) is 109 cm³/mol. The van der Waals surface area contributed by atoms with Crippen molar-refractivity contribution in [1.82, 2.24) is 24.7 Å². The lowest BCUT2D eigenvalue weighted by Crippen LogP contribution is -2.51. The van der Waals surface area contributed by atoms with Crippen LogP contribution in [0.15, 0.2) is 23.7 Å². The van der Waals surface area contributed by atoms with Crippen LogP contribution in [0.25, 0.3) is 0 Å². The number of aliphatic imine (C=N–C) groups is 1. The first kappa shape index (κ1) is 20.1. The number of piperidine rings is 1. The van der Waals surface area contributed by atoms with E-state index in [2.05, 4.69) is 58.6 Å². The van der Waals surface area contributed by atoms with E-state index in [0.29, 0.717) is 24.0 Å². The van der Waals surface area contributed by atoms with E-state index in [-0.39, 0.29) is 0 Å². The summed E-state index contributed by atoms with van der Waals surface area (Å²) in [7, 11) is 0. The average molecular weight is 377 g/mol. The van der Waals surface area contributed by atoms with Crippen molar-refractivity contribution < 1.29 is 4.74 Å². The molecule has 2 aliphatic rings. The molecule has 0 bridgehead atoms. The first-order valence-corrected chi connectivity index (χ1v) is 10.4. The second-order valence-electron chi connectivity index (χ2n) is 7.99. The third kappa shape index (κ3) is 5.02. The second-order valence-corrected chi connectivity index (χ2v) is 7.99. The van der Waals surface area contributed by atoms with E-state index in [1.54, 1.807) is 0 Å². The number of imidazole rings is 1. The van der Waals surface area contributed by atoms with Gasteiger partial charge in [0.15, 0.2) is 5.96 Å². The number of hydrogen-bond acceptors (Lipinski definition) is 4. The van der Waals surface area contributed by atoms with Crippen molar-refractivity contribution in [3.63, 3.8) is 0 Å². The fourth-order valence-corrected chi connectivity index (χ4v) is 4.24.